The molecule has 1 fully saturated rings. The number of benzene rings is 1. The van der Waals surface area contributed by atoms with Crippen LogP contribution in [0.1, 0.15) is 25.8 Å². The molecule has 1 saturated heterocycles. The van der Waals surface area contributed by atoms with Crippen LogP contribution in [-0.2, 0) is 16.6 Å². The molecule has 1 aliphatic heterocycles. The van der Waals surface area contributed by atoms with E-state index in [2.05, 4.69) is 23.6 Å². The lowest BCUT2D eigenvalue weighted by molar-refractivity contribution is 0.220. The van der Waals surface area contributed by atoms with E-state index in [1.54, 1.807) is 10.4 Å². The maximum absolute atomic E-state index is 13.4. The lowest BCUT2D eigenvalue weighted by Gasteiger charge is -2.33. The van der Waals surface area contributed by atoms with E-state index in [1.807, 2.05) is 6.20 Å². The molecule has 132 valence electrons. The van der Waals surface area contributed by atoms with Crippen molar-refractivity contribution in [2.24, 2.45) is 11.8 Å². The summed E-state index contributed by atoms with van der Waals surface area (Å²) in [7, 11) is -3.46. The normalized spacial score (nSPS) is 23.0. The van der Waals surface area contributed by atoms with Crippen LogP contribution in [0.25, 0.3) is 10.9 Å². The lowest BCUT2D eigenvalue weighted by atomic mass is 9.94. The van der Waals surface area contributed by atoms with Gasteiger partial charge in [-0.25, -0.2) is 9.11 Å². The van der Waals surface area contributed by atoms with Crippen molar-refractivity contribution in [2.45, 2.75) is 26.7 Å². The van der Waals surface area contributed by atoms with Crippen LogP contribution in [0.3, 0.4) is 0 Å². The van der Waals surface area contributed by atoms with Gasteiger partial charge in [0.05, 0.1) is 0 Å². The molecule has 2 aromatic rings. The minimum atomic E-state index is -3.46. The van der Waals surface area contributed by atoms with Crippen LogP contribution in [0.15, 0.2) is 24.4 Å². The highest BCUT2D eigenvalue weighted by atomic mass is 32.2. The van der Waals surface area contributed by atoms with Crippen molar-refractivity contribution in [3.63, 3.8) is 0 Å². The fourth-order valence-electron chi connectivity index (χ4n) is 3.57. The van der Waals surface area contributed by atoms with Crippen LogP contribution < -0.4 is 4.72 Å². The number of fused-ring (bicyclic) bond motifs is 1. The molecule has 2 atom stereocenters. The molecule has 24 heavy (non-hydrogen) atoms. The maximum atomic E-state index is 13.4. The number of H-pyrrole nitrogens is 1. The predicted molar refractivity (Wildman–Crippen MR) is 93.4 cm³/mol. The Morgan fingerprint density at radius 2 is 2.00 bits per heavy atom. The van der Waals surface area contributed by atoms with Gasteiger partial charge < -0.3 is 4.98 Å². The number of hydrogen-bond donors (Lipinski definition) is 2. The number of piperidine rings is 1. The molecule has 0 unspecified atom stereocenters. The second kappa shape index (κ2) is 6.82. The monoisotopic (exact) mass is 353 g/mol. The van der Waals surface area contributed by atoms with Gasteiger partial charge in [0.25, 0.3) is 10.2 Å². The van der Waals surface area contributed by atoms with Crippen molar-refractivity contribution < 1.29 is 12.8 Å². The number of hydrogen-bond acceptors (Lipinski definition) is 2. The molecular weight excluding hydrogens is 329 g/mol. The van der Waals surface area contributed by atoms with E-state index in [1.165, 1.54) is 12.1 Å². The van der Waals surface area contributed by atoms with E-state index in [9.17, 15) is 12.8 Å². The van der Waals surface area contributed by atoms with E-state index in [-0.39, 0.29) is 5.82 Å². The Bertz CT molecular complexity index is 808. The second-order valence-electron chi connectivity index (χ2n) is 6.92. The Morgan fingerprint density at radius 3 is 2.71 bits per heavy atom. The summed E-state index contributed by atoms with van der Waals surface area (Å²) >= 11 is 0. The molecule has 3 rings (SSSR count). The van der Waals surface area contributed by atoms with Crippen LogP contribution in [0.4, 0.5) is 4.39 Å². The molecule has 0 radical (unpaired) electrons. The van der Waals surface area contributed by atoms with Gasteiger partial charge in [0.2, 0.25) is 0 Å². The third-order valence-corrected chi connectivity index (χ3v) is 6.13. The molecule has 1 aromatic carbocycles. The zero-order valence-corrected chi connectivity index (χ0v) is 14.9. The summed E-state index contributed by atoms with van der Waals surface area (Å²) in [5, 5.41) is 0.800. The molecule has 2 heterocycles. The molecule has 2 N–H and O–H groups in total. The molecule has 0 saturated carbocycles. The van der Waals surface area contributed by atoms with Crippen LogP contribution in [0.5, 0.6) is 0 Å². The first-order valence-corrected chi connectivity index (χ1v) is 9.79. The topological polar surface area (TPSA) is 65.2 Å². The van der Waals surface area contributed by atoms with Crippen molar-refractivity contribution in [1.82, 2.24) is 14.0 Å². The van der Waals surface area contributed by atoms with E-state index >= 15 is 0 Å². The van der Waals surface area contributed by atoms with Gasteiger partial charge in [0.15, 0.2) is 0 Å². The summed E-state index contributed by atoms with van der Waals surface area (Å²) in [5.41, 5.74) is 1.76. The SMILES string of the molecule is C[C@@H]1C[C@H](C)CN(S(=O)(=O)NCCc2c[nH]c3ccc(F)cc23)C1. The summed E-state index contributed by atoms with van der Waals surface area (Å²) in [4.78, 5) is 3.08. The van der Waals surface area contributed by atoms with Gasteiger partial charge in [-0.05, 0) is 48.4 Å². The molecule has 1 aliphatic rings. The predicted octanol–water partition coefficient (Wildman–Crippen LogP) is 2.66. The Balaban J connectivity index is 1.63. The summed E-state index contributed by atoms with van der Waals surface area (Å²) in [6.07, 6.45) is 3.39. The standard InChI is InChI=1S/C17H24FN3O2S/c1-12-7-13(2)11-21(10-12)24(22,23)20-6-5-14-9-19-17-4-3-15(18)8-16(14)17/h3-4,8-9,12-13,19-20H,5-7,10-11H2,1-2H3/t12-,13+. The fourth-order valence-corrected chi connectivity index (χ4v) is 5.01. The fraction of sp³-hybridized carbons (Fsp3) is 0.529. The zero-order chi connectivity index (χ0) is 17.3. The van der Waals surface area contributed by atoms with Crippen LogP contribution >= 0.6 is 0 Å². The van der Waals surface area contributed by atoms with E-state index < -0.39 is 10.2 Å². The average Bonchev–Trinajstić information content (AvgIpc) is 2.88. The van der Waals surface area contributed by atoms with Gasteiger partial charge in [0.1, 0.15) is 5.82 Å². The number of aromatic amines is 1. The molecule has 0 bridgehead atoms. The van der Waals surface area contributed by atoms with E-state index in [4.69, 9.17) is 0 Å². The zero-order valence-electron chi connectivity index (χ0n) is 14.0. The number of halogens is 1. The Kier molecular flexibility index (Phi) is 4.94. The first kappa shape index (κ1) is 17.4. The highest BCUT2D eigenvalue weighted by Gasteiger charge is 2.30. The molecule has 7 heteroatoms. The van der Waals surface area contributed by atoms with Crippen LogP contribution in [0.2, 0.25) is 0 Å². The molecule has 0 spiro atoms. The minimum Gasteiger partial charge on any atom is -0.361 e. The Morgan fingerprint density at radius 1 is 1.29 bits per heavy atom. The van der Waals surface area contributed by atoms with Crippen molar-refractivity contribution in [3.8, 4) is 0 Å². The summed E-state index contributed by atoms with van der Waals surface area (Å²) < 4.78 is 42.5. The number of nitrogens with one attached hydrogen (secondary N) is 2. The molecule has 1 aromatic heterocycles. The highest BCUT2D eigenvalue weighted by molar-refractivity contribution is 7.87. The van der Waals surface area contributed by atoms with Crippen molar-refractivity contribution in [3.05, 3.63) is 35.8 Å². The van der Waals surface area contributed by atoms with Crippen molar-refractivity contribution in [1.29, 1.82) is 0 Å². The van der Waals surface area contributed by atoms with Crippen LogP contribution in [0, 0.1) is 17.7 Å². The summed E-state index contributed by atoms with van der Waals surface area (Å²) in [6, 6.07) is 4.57. The Hall–Kier alpha value is -1.44. The highest BCUT2D eigenvalue weighted by Crippen LogP contribution is 2.23. The van der Waals surface area contributed by atoms with Gasteiger partial charge in [-0.1, -0.05) is 13.8 Å². The van der Waals surface area contributed by atoms with Crippen molar-refractivity contribution in [2.75, 3.05) is 19.6 Å². The van der Waals surface area contributed by atoms with Crippen molar-refractivity contribution >= 4 is 21.1 Å². The van der Waals surface area contributed by atoms with Gasteiger partial charge in [-0.2, -0.15) is 12.7 Å². The minimum absolute atomic E-state index is 0.291. The molecule has 5 nitrogen and oxygen atoms in total. The van der Waals surface area contributed by atoms with Gasteiger partial charge in [-0.3, -0.25) is 0 Å². The quantitative estimate of drug-likeness (QED) is 0.868. The summed E-state index contributed by atoms with van der Waals surface area (Å²) in [6.45, 7) is 5.60. The average molecular weight is 353 g/mol. The second-order valence-corrected chi connectivity index (χ2v) is 8.67. The Labute approximate surface area is 142 Å². The summed E-state index contributed by atoms with van der Waals surface area (Å²) in [5.74, 6) is 0.462. The van der Waals surface area contributed by atoms with Gasteiger partial charge in [0, 0.05) is 36.7 Å². The van der Waals surface area contributed by atoms with Gasteiger partial charge >= 0.3 is 0 Å². The maximum Gasteiger partial charge on any atom is 0.279 e. The molecule has 0 aliphatic carbocycles. The number of rotatable bonds is 5. The molecular formula is C17H24FN3O2S. The first-order chi connectivity index (χ1) is 11.3. The molecule has 0 amide bonds. The number of aromatic nitrogens is 1. The van der Waals surface area contributed by atoms with E-state index in [0.29, 0.717) is 37.9 Å². The third kappa shape index (κ3) is 3.79. The van der Waals surface area contributed by atoms with E-state index in [0.717, 1.165) is 22.9 Å². The number of nitrogens with zero attached hydrogens (tertiary/aromatic N) is 1. The van der Waals surface area contributed by atoms with Gasteiger partial charge in [-0.15, -0.1) is 0 Å². The third-order valence-electron chi connectivity index (χ3n) is 4.58. The van der Waals surface area contributed by atoms with Crippen LogP contribution in [-0.4, -0.2) is 37.3 Å². The smallest absolute Gasteiger partial charge is 0.279 e. The first-order valence-electron chi connectivity index (χ1n) is 8.35. The lowest BCUT2D eigenvalue weighted by Crippen LogP contribution is -2.48. The largest absolute Gasteiger partial charge is 0.361 e.